The van der Waals surface area contributed by atoms with E-state index in [1.807, 2.05) is 48.5 Å². The van der Waals surface area contributed by atoms with Crippen molar-refractivity contribution in [3.8, 4) is 11.3 Å². The minimum atomic E-state index is -0.115. The van der Waals surface area contributed by atoms with Crippen LogP contribution in [0.5, 0.6) is 0 Å². The lowest BCUT2D eigenvalue weighted by atomic mass is 10.0. The maximum Gasteiger partial charge on any atom is 0.126 e. The van der Waals surface area contributed by atoms with E-state index in [1.54, 1.807) is 12.4 Å². The number of pyridine rings is 2. The van der Waals surface area contributed by atoms with Gasteiger partial charge in [-0.25, -0.2) is 4.98 Å². The van der Waals surface area contributed by atoms with Crippen molar-refractivity contribution in [1.82, 2.24) is 9.97 Å². The van der Waals surface area contributed by atoms with Crippen molar-refractivity contribution in [3.63, 3.8) is 0 Å². The largest absolute Gasteiger partial charge is 0.370 e. The third-order valence-corrected chi connectivity index (χ3v) is 4.85. The van der Waals surface area contributed by atoms with E-state index >= 15 is 0 Å². The van der Waals surface area contributed by atoms with Crippen LogP contribution >= 0.6 is 27.5 Å². The SMILES string of the molecule is NC(CCNc1ccc(Br)c(-c2ccncc2)n1)c1ccccc1Cl. The van der Waals surface area contributed by atoms with E-state index < -0.39 is 0 Å². The normalized spacial score (nSPS) is 12.0. The molecule has 1 unspecified atom stereocenters. The first-order chi connectivity index (χ1) is 12.1. The molecule has 1 atom stereocenters. The van der Waals surface area contributed by atoms with Crippen LogP contribution in [0.3, 0.4) is 0 Å². The molecular weight excluding hydrogens is 400 g/mol. The highest BCUT2D eigenvalue weighted by Crippen LogP contribution is 2.27. The third-order valence-electron chi connectivity index (χ3n) is 3.87. The van der Waals surface area contributed by atoms with Gasteiger partial charge in [0.1, 0.15) is 5.82 Å². The topological polar surface area (TPSA) is 63.8 Å². The summed E-state index contributed by atoms with van der Waals surface area (Å²) in [6.45, 7) is 0.705. The van der Waals surface area contributed by atoms with Gasteiger partial charge < -0.3 is 11.1 Å². The van der Waals surface area contributed by atoms with Crippen molar-refractivity contribution < 1.29 is 0 Å². The Bertz CT molecular complexity index is 842. The summed E-state index contributed by atoms with van der Waals surface area (Å²) in [5.74, 6) is 0.807. The lowest BCUT2D eigenvalue weighted by Crippen LogP contribution is -2.16. The smallest absolute Gasteiger partial charge is 0.126 e. The second-order valence-electron chi connectivity index (χ2n) is 5.61. The number of hydrogen-bond acceptors (Lipinski definition) is 4. The monoisotopic (exact) mass is 416 g/mol. The van der Waals surface area contributed by atoms with Crippen LogP contribution in [0.4, 0.5) is 5.82 Å². The maximum absolute atomic E-state index is 6.25. The summed E-state index contributed by atoms with van der Waals surface area (Å²) in [7, 11) is 0. The van der Waals surface area contributed by atoms with E-state index in [1.165, 1.54) is 0 Å². The first kappa shape index (κ1) is 17.9. The first-order valence-corrected chi connectivity index (χ1v) is 9.13. The molecule has 0 saturated carbocycles. The maximum atomic E-state index is 6.25. The first-order valence-electron chi connectivity index (χ1n) is 7.96. The lowest BCUT2D eigenvalue weighted by Gasteiger charge is -2.15. The fraction of sp³-hybridized carbons (Fsp3) is 0.158. The fourth-order valence-corrected chi connectivity index (χ4v) is 3.27. The van der Waals surface area contributed by atoms with Crippen molar-refractivity contribution >= 4 is 33.3 Å². The number of rotatable bonds is 6. The molecule has 2 aromatic heterocycles. The van der Waals surface area contributed by atoms with Crippen LogP contribution in [-0.4, -0.2) is 16.5 Å². The molecule has 25 heavy (non-hydrogen) atoms. The van der Waals surface area contributed by atoms with E-state index in [0.717, 1.165) is 33.5 Å². The Labute approximate surface area is 160 Å². The standard InChI is InChI=1S/C19H18BrClN4/c20-15-5-6-18(25-19(15)13-7-10-23-11-8-13)24-12-9-17(22)14-3-1-2-4-16(14)21/h1-8,10-11,17H,9,12,22H2,(H,24,25). The second-order valence-corrected chi connectivity index (χ2v) is 6.87. The van der Waals surface area contributed by atoms with Crippen LogP contribution in [0.15, 0.2) is 65.4 Å². The van der Waals surface area contributed by atoms with Gasteiger partial charge in [-0.1, -0.05) is 29.8 Å². The van der Waals surface area contributed by atoms with Gasteiger partial charge in [0.25, 0.3) is 0 Å². The van der Waals surface area contributed by atoms with Gasteiger partial charge in [-0.2, -0.15) is 0 Å². The number of halogens is 2. The van der Waals surface area contributed by atoms with E-state index in [-0.39, 0.29) is 6.04 Å². The summed E-state index contributed by atoms with van der Waals surface area (Å²) in [4.78, 5) is 8.72. The van der Waals surface area contributed by atoms with Crippen molar-refractivity contribution in [2.24, 2.45) is 5.73 Å². The predicted molar refractivity (Wildman–Crippen MR) is 107 cm³/mol. The highest BCUT2D eigenvalue weighted by atomic mass is 79.9. The molecule has 4 nitrogen and oxygen atoms in total. The van der Waals surface area contributed by atoms with Gasteiger partial charge >= 0.3 is 0 Å². The Kier molecular flexibility index (Phi) is 6.02. The van der Waals surface area contributed by atoms with Gasteiger partial charge in [-0.05, 0) is 58.2 Å². The van der Waals surface area contributed by atoms with Crippen molar-refractivity contribution in [2.45, 2.75) is 12.5 Å². The van der Waals surface area contributed by atoms with Gasteiger partial charge in [0.05, 0.1) is 5.69 Å². The van der Waals surface area contributed by atoms with Crippen LogP contribution in [0.1, 0.15) is 18.0 Å². The molecule has 2 heterocycles. The van der Waals surface area contributed by atoms with Crippen molar-refractivity contribution in [1.29, 1.82) is 0 Å². The Morgan fingerprint density at radius 2 is 1.84 bits per heavy atom. The minimum absolute atomic E-state index is 0.115. The summed E-state index contributed by atoms with van der Waals surface area (Å²) < 4.78 is 0.942. The van der Waals surface area contributed by atoms with Crippen LogP contribution in [0.25, 0.3) is 11.3 Å². The summed E-state index contributed by atoms with van der Waals surface area (Å²) in [5.41, 5.74) is 9.10. The minimum Gasteiger partial charge on any atom is -0.370 e. The Morgan fingerprint density at radius 3 is 2.60 bits per heavy atom. The van der Waals surface area contributed by atoms with Crippen molar-refractivity contribution in [3.05, 3.63) is 76.0 Å². The molecule has 1 aromatic carbocycles. The number of nitrogens with two attached hydrogens (primary N) is 1. The average molecular weight is 418 g/mol. The number of aromatic nitrogens is 2. The molecule has 0 spiro atoms. The Hall–Kier alpha value is -1.95. The van der Waals surface area contributed by atoms with Crippen LogP contribution in [-0.2, 0) is 0 Å². The van der Waals surface area contributed by atoms with E-state index in [2.05, 4.69) is 31.2 Å². The predicted octanol–water partition coefficient (Wildman–Crippen LogP) is 5.06. The highest BCUT2D eigenvalue weighted by Gasteiger charge is 2.10. The number of hydrogen-bond donors (Lipinski definition) is 2. The van der Waals surface area contributed by atoms with Gasteiger partial charge in [-0.3, -0.25) is 4.98 Å². The molecule has 3 rings (SSSR count). The molecule has 0 radical (unpaired) electrons. The quantitative estimate of drug-likeness (QED) is 0.588. The van der Waals surface area contributed by atoms with E-state index in [0.29, 0.717) is 11.6 Å². The molecule has 0 saturated heterocycles. The van der Waals surface area contributed by atoms with E-state index in [9.17, 15) is 0 Å². The number of anilines is 1. The zero-order valence-electron chi connectivity index (χ0n) is 13.5. The van der Waals surface area contributed by atoms with Gasteiger partial charge in [0, 0.05) is 40.0 Å². The molecule has 0 aliphatic rings. The second kappa shape index (κ2) is 8.43. The van der Waals surface area contributed by atoms with Gasteiger partial charge in [0.15, 0.2) is 0 Å². The molecule has 0 bridgehead atoms. The van der Waals surface area contributed by atoms with Crippen LogP contribution in [0.2, 0.25) is 5.02 Å². The molecule has 0 amide bonds. The Morgan fingerprint density at radius 1 is 1.08 bits per heavy atom. The summed E-state index contributed by atoms with van der Waals surface area (Å²) in [5, 5.41) is 4.04. The average Bonchev–Trinajstić information content (AvgIpc) is 2.64. The molecule has 128 valence electrons. The highest BCUT2D eigenvalue weighted by molar-refractivity contribution is 9.10. The molecule has 3 aromatic rings. The number of nitrogens with one attached hydrogen (secondary N) is 1. The fourth-order valence-electron chi connectivity index (χ4n) is 2.54. The van der Waals surface area contributed by atoms with E-state index in [4.69, 9.17) is 17.3 Å². The number of benzene rings is 1. The van der Waals surface area contributed by atoms with Crippen molar-refractivity contribution in [2.75, 3.05) is 11.9 Å². The van der Waals surface area contributed by atoms with Crippen LogP contribution < -0.4 is 11.1 Å². The summed E-state index contributed by atoms with van der Waals surface area (Å²) >= 11 is 9.75. The van der Waals surface area contributed by atoms with Gasteiger partial charge in [0.2, 0.25) is 0 Å². The lowest BCUT2D eigenvalue weighted by molar-refractivity contribution is 0.674. The number of nitrogens with zero attached hydrogens (tertiary/aromatic N) is 2. The summed E-state index contributed by atoms with van der Waals surface area (Å²) in [6, 6.07) is 15.4. The zero-order chi connectivity index (χ0) is 17.6. The zero-order valence-corrected chi connectivity index (χ0v) is 15.8. The molecule has 6 heteroatoms. The van der Waals surface area contributed by atoms with Crippen LogP contribution in [0, 0.1) is 0 Å². The molecule has 0 aliphatic carbocycles. The molecule has 0 aliphatic heterocycles. The molecule has 3 N–H and O–H groups in total. The molecule has 0 fully saturated rings. The third kappa shape index (κ3) is 4.57. The Balaban J connectivity index is 1.65. The molecular formula is C19H18BrClN4. The summed E-state index contributed by atoms with van der Waals surface area (Å²) in [6.07, 6.45) is 4.27. The van der Waals surface area contributed by atoms with Gasteiger partial charge in [-0.15, -0.1) is 0 Å².